The number of hydrogen-bond donors (Lipinski definition) is 0. The molecular weight excluding hydrogens is 176 g/mol. The molecule has 1 aromatic heterocycles. The smallest absolute Gasteiger partial charge is 0.251 e. The van der Waals surface area contributed by atoms with Crippen molar-refractivity contribution in [3.05, 3.63) is 18.7 Å². The molecule has 0 aliphatic carbocycles. The molecule has 10 heavy (non-hydrogen) atoms. The molecule has 0 bridgehead atoms. The van der Waals surface area contributed by atoms with Gasteiger partial charge in [-0.1, -0.05) is 0 Å². The van der Waals surface area contributed by atoms with Gasteiger partial charge in [-0.3, -0.25) is 0 Å². The Kier molecular flexibility index (Phi) is 1.96. The summed E-state index contributed by atoms with van der Waals surface area (Å²) in [6.07, 6.45) is 4.40. The molecule has 0 radical (unpaired) electrons. The third kappa shape index (κ3) is 2.36. The zero-order valence-corrected chi connectivity index (χ0v) is 6.51. The Labute approximate surface area is 62.9 Å². The van der Waals surface area contributed by atoms with Crippen LogP contribution in [0, 0.1) is 0 Å². The molecule has 0 atom stereocenters. The van der Waals surface area contributed by atoms with Gasteiger partial charge in [0.1, 0.15) is 5.88 Å². The highest BCUT2D eigenvalue weighted by atomic mass is 35.7. The van der Waals surface area contributed by atoms with Crippen molar-refractivity contribution in [2.45, 2.75) is 5.88 Å². The van der Waals surface area contributed by atoms with Crippen molar-refractivity contribution >= 4 is 19.7 Å². The third-order valence-corrected chi connectivity index (χ3v) is 1.76. The molecule has 4 nitrogen and oxygen atoms in total. The number of nitrogens with zero attached hydrogens (tertiary/aromatic N) is 2. The minimum absolute atomic E-state index is 0.228. The lowest BCUT2D eigenvalue weighted by Crippen LogP contribution is -2.01. The van der Waals surface area contributed by atoms with Crippen LogP contribution in [0.1, 0.15) is 0 Å². The van der Waals surface area contributed by atoms with Crippen LogP contribution in [0.15, 0.2) is 18.7 Å². The van der Waals surface area contributed by atoms with Crippen LogP contribution >= 0.6 is 10.7 Å². The van der Waals surface area contributed by atoms with Gasteiger partial charge in [0, 0.05) is 23.1 Å². The highest BCUT2D eigenvalue weighted by Gasteiger charge is 2.04. The van der Waals surface area contributed by atoms with Crippen LogP contribution in [0.5, 0.6) is 0 Å². The molecule has 0 saturated heterocycles. The molecule has 1 aromatic rings. The summed E-state index contributed by atoms with van der Waals surface area (Å²) in [5.74, 6) is -0.228. The van der Waals surface area contributed by atoms with E-state index in [-0.39, 0.29) is 5.88 Å². The first kappa shape index (κ1) is 7.56. The van der Waals surface area contributed by atoms with E-state index in [4.69, 9.17) is 10.7 Å². The molecule has 0 unspecified atom stereocenters. The minimum atomic E-state index is -3.45. The lowest BCUT2D eigenvalue weighted by Gasteiger charge is -1.94. The zero-order chi connectivity index (χ0) is 7.61. The van der Waals surface area contributed by atoms with Gasteiger partial charge in [-0.05, 0) is 0 Å². The maximum absolute atomic E-state index is 10.4. The second kappa shape index (κ2) is 2.59. The van der Waals surface area contributed by atoms with E-state index in [1.54, 1.807) is 0 Å². The van der Waals surface area contributed by atoms with Crippen molar-refractivity contribution in [1.29, 1.82) is 0 Å². The fourth-order valence-corrected chi connectivity index (χ4v) is 1.39. The quantitative estimate of drug-likeness (QED) is 0.620. The Balaban J connectivity index is 2.75. The standard InChI is InChI=1S/C4H5ClN2O2S/c5-10(8,9)4-7-2-1-6-3-7/h1-3H,4H2. The largest absolute Gasteiger partial charge is 0.321 e. The highest BCUT2D eigenvalue weighted by Crippen LogP contribution is 1.99. The molecule has 0 aliphatic rings. The predicted molar refractivity (Wildman–Crippen MR) is 37.0 cm³/mol. The van der Waals surface area contributed by atoms with Crippen LogP contribution in [0.25, 0.3) is 0 Å². The molecule has 6 heteroatoms. The van der Waals surface area contributed by atoms with Gasteiger partial charge in [0.2, 0.25) is 0 Å². The van der Waals surface area contributed by atoms with E-state index in [9.17, 15) is 8.42 Å². The fraction of sp³-hybridized carbons (Fsp3) is 0.250. The van der Waals surface area contributed by atoms with Crippen LogP contribution in [0.3, 0.4) is 0 Å². The Morgan fingerprint density at radius 2 is 2.30 bits per heavy atom. The predicted octanol–water partition coefficient (Wildman–Crippen LogP) is 0.409. The van der Waals surface area contributed by atoms with Crippen molar-refractivity contribution in [1.82, 2.24) is 9.55 Å². The number of halogens is 1. The molecule has 1 heterocycles. The molecule has 0 amide bonds. The molecule has 0 N–H and O–H groups in total. The summed E-state index contributed by atoms with van der Waals surface area (Å²) in [6.45, 7) is 0. The third-order valence-electron chi connectivity index (χ3n) is 0.862. The Morgan fingerprint density at radius 3 is 2.70 bits per heavy atom. The van der Waals surface area contributed by atoms with Gasteiger partial charge in [-0.25, -0.2) is 13.4 Å². The highest BCUT2D eigenvalue weighted by molar-refractivity contribution is 8.12. The number of hydrogen-bond acceptors (Lipinski definition) is 3. The normalized spacial score (nSPS) is 11.7. The van der Waals surface area contributed by atoms with Crippen molar-refractivity contribution in [3.8, 4) is 0 Å². The number of aromatic nitrogens is 2. The van der Waals surface area contributed by atoms with E-state index in [2.05, 4.69) is 4.98 Å². The maximum Gasteiger partial charge on any atom is 0.251 e. The summed E-state index contributed by atoms with van der Waals surface area (Å²) in [6, 6.07) is 0. The Morgan fingerprint density at radius 1 is 1.60 bits per heavy atom. The van der Waals surface area contributed by atoms with Crippen LogP contribution in [-0.2, 0) is 14.9 Å². The van der Waals surface area contributed by atoms with Gasteiger partial charge in [-0.15, -0.1) is 0 Å². The monoisotopic (exact) mass is 180 g/mol. The van der Waals surface area contributed by atoms with Crippen LogP contribution in [0.2, 0.25) is 0 Å². The van der Waals surface area contributed by atoms with E-state index >= 15 is 0 Å². The van der Waals surface area contributed by atoms with Gasteiger partial charge < -0.3 is 4.57 Å². The summed E-state index contributed by atoms with van der Waals surface area (Å²) >= 11 is 0. The van der Waals surface area contributed by atoms with Crippen molar-refractivity contribution in [2.24, 2.45) is 0 Å². The van der Waals surface area contributed by atoms with E-state index in [1.165, 1.54) is 23.3 Å². The summed E-state index contributed by atoms with van der Waals surface area (Å²) in [5, 5.41) is 0. The topological polar surface area (TPSA) is 52.0 Å². The number of imidazole rings is 1. The minimum Gasteiger partial charge on any atom is -0.321 e. The van der Waals surface area contributed by atoms with Gasteiger partial charge in [-0.2, -0.15) is 0 Å². The van der Waals surface area contributed by atoms with Crippen molar-refractivity contribution in [3.63, 3.8) is 0 Å². The van der Waals surface area contributed by atoms with Crippen LogP contribution < -0.4 is 0 Å². The molecular formula is C4H5ClN2O2S. The summed E-state index contributed by atoms with van der Waals surface area (Å²) in [5.41, 5.74) is 0. The molecule has 0 spiro atoms. The fourth-order valence-electron chi connectivity index (χ4n) is 0.541. The summed E-state index contributed by atoms with van der Waals surface area (Å²) in [7, 11) is 1.50. The lowest BCUT2D eigenvalue weighted by atomic mass is 10.9. The molecule has 1 rings (SSSR count). The average molecular weight is 181 g/mol. The van der Waals surface area contributed by atoms with Crippen LogP contribution in [-0.4, -0.2) is 18.0 Å². The summed E-state index contributed by atoms with van der Waals surface area (Å²) < 4.78 is 22.2. The van der Waals surface area contributed by atoms with Crippen molar-refractivity contribution < 1.29 is 8.42 Å². The molecule has 56 valence electrons. The molecule has 0 aliphatic heterocycles. The molecule has 0 aromatic carbocycles. The zero-order valence-electron chi connectivity index (χ0n) is 4.94. The lowest BCUT2D eigenvalue weighted by molar-refractivity contribution is 0.598. The van der Waals surface area contributed by atoms with Gasteiger partial charge >= 0.3 is 0 Å². The van der Waals surface area contributed by atoms with E-state index in [0.29, 0.717) is 0 Å². The molecule has 0 fully saturated rings. The van der Waals surface area contributed by atoms with Crippen LogP contribution in [0.4, 0.5) is 0 Å². The summed E-state index contributed by atoms with van der Waals surface area (Å²) in [4.78, 5) is 3.65. The Hall–Kier alpha value is -0.550. The first-order valence-electron chi connectivity index (χ1n) is 2.46. The first-order valence-corrected chi connectivity index (χ1v) is 4.94. The van der Waals surface area contributed by atoms with Gasteiger partial charge in [0.15, 0.2) is 0 Å². The van der Waals surface area contributed by atoms with Gasteiger partial charge in [0.05, 0.1) is 6.33 Å². The second-order valence-corrected chi connectivity index (χ2v) is 4.49. The van der Waals surface area contributed by atoms with E-state index in [1.807, 2.05) is 0 Å². The molecule has 0 saturated carbocycles. The van der Waals surface area contributed by atoms with Gasteiger partial charge in [0.25, 0.3) is 9.05 Å². The maximum atomic E-state index is 10.4. The Bertz CT molecular complexity index is 291. The SMILES string of the molecule is O=S(=O)(Cl)Cn1ccnc1. The second-order valence-electron chi connectivity index (χ2n) is 1.74. The van der Waals surface area contributed by atoms with Crippen molar-refractivity contribution in [2.75, 3.05) is 0 Å². The first-order chi connectivity index (χ1) is 4.58. The van der Waals surface area contributed by atoms with E-state index < -0.39 is 9.05 Å². The average Bonchev–Trinajstić information content (AvgIpc) is 2.12. The number of rotatable bonds is 2. The van der Waals surface area contributed by atoms with E-state index in [0.717, 1.165) is 0 Å².